The van der Waals surface area contributed by atoms with Crippen LogP contribution in [0.1, 0.15) is 16.2 Å². The number of hydrogen-bond donors (Lipinski definition) is 1. The summed E-state index contributed by atoms with van der Waals surface area (Å²) in [4.78, 5) is 28.6. The highest BCUT2D eigenvalue weighted by Gasteiger charge is 2.03. The van der Waals surface area contributed by atoms with Crippen LogP contribution in [0.15, 0.2) is 10.9 Å². The van der Waals surface area contributed by atoms with Gasteiger partial charge in [0.1, 0.15) is 5.69 Å². The van der Waals surface area contributed by atoms with Crippen molar-refractivity contribution in [3.05, 3.63) is 27.9 Å². The fourth-order valence-corrected chi connectivity index (χ4v) is 1.12. The van der Waals surface area contributed by atoms with Crippen LogP contribution in [0.5, 0.6) is 0 Å². The second kappa shape index (κ2) is 2.51. The predicted octanol–water partition coefficient (Wildman–Crippen LogP) is -0.461. The summed E-state index contributed by atoms with van der Waals surface area (Å²) in [5, 5.41) is 2.45. The molecule has 0 spiro atoms. The second-order valence-electron chi connectivity index (χ2n) is 2.60. The summed E-state index contributed by atoms with van der Waals surface area (Å²) in [6.45, 7) is 1.75. The zero-order chi connectivity index (χ0) is 9.42. The predicted molar refractivity (Wildman–Crippen MR) is 43.7 cm³/mol. The molecule has 0 fully saturated rings. The Morgan fingerprint density at radius 1 is 1.54 bits per heavy atom. The summed E-state index contributed by atoms with van der Waals surface area (Å²) in [7, 11) is 0. The number of fused-ring (bicyclic) bond motifs is 1. The molecule has 0 aliphatic rings. The van der Waals surface area contributed by atoms with Crippen LogP contribution in [0.25, 0.3) is 5.78 Å². The largest absolute Gasteiger partial charge is 0.363 e. The molecule has 6 heteroatoms. The minimum Gasteiger partial charge on any atom is -0.296 e. The molecule has 0 saturated heterocycles. The van der Waals surface area contributed by atoms with E-state index in [0.717, 1.165) is 0 Å². The molecule has 0 saturated carbocycles. The van der Waals surface area contributed by atoms with E-state index in [0.29, 0.717) is 12.0 Å². The van der Waals surface area contributed by atoms with Gasteiger partial charge in [-0.15, -0.1) is 0 Å². The maximum Gasteiger partial charge on any atom is 0.363 e. The first-order valence-corrected chi connectivity index (χ1v) is 3.62. The van der Waals surface area contributed by atoms with Gasteiger partial charge in [-0.25, -0.2) is 19.4 Å². The average Bonchev–Trinajstić information content (AvgIpc) is 2.46. The third kappa shape index (κ3) is 1.12. The van der Waals surface area contributed by atoms with E-state index in [1.54, 1.807) is 13.0 Å². The van der Waals surface area contributed by atoms with E-state index < -0.39 is 5.69 Å². The third-order valence-corrected chi connectivity index (χ3v) is 1.67. The van der Waals surface area contributed by atoms with Crippen LogP contribution >= 0.6 is 0 Å². The molecule has 0 radical (unpaired) electrons. The fraction of sp³-hybridized carbons (Fsp3) is 0.143. The molecule has 0 amide bonds. The number of carbonyl (C=O) groups excluding carboxylic acids is 1. The van der Waals surface area contributed by atoms with Crippen LogP contribution in [-0.2, 0) is 0 Å². The summed E-state index contributed by atoms with van der Waals surface area (Å²) in [5.41, 5.74) is 0.504. The van der Waals surface area contributed by atoms with Crippen molar-refractivity contribution in [3.8, 4) is 0 Å². The van der Waals surface area contributed by atoms with E-state index in [-0.39, 0.29) is 11.5 Å². The van der Waals surface area contributed by atoms with Crippen molar-refractivity contribution < 1.29 is 4.79 Å². The van der Waals surface area contributed by atoms with Gasteiger partial charge in [-0.3, -0.25) is 4.79 Å². The lowest BCUT2D eigenvalue weighted by Gasteiger charge is -1.97. The Balaban J connectivity index is 2.90. The standard InChI is InChI=1S/C7H6N4O2/c1-4-2-5(3-12)8-6-9-7(13)10-11(4)6/h2-3H,1H3,(H,10,13). The highest BCUT2D eigenvalue weighted by atomic mass is 16.1. The number of H-pyrrole nitrogens is 1. The lowest BCUT2D eigenvalue weighted by Crippen LogP contribution is -2.03. The van der Waals surface area contributed by atoms with E-state index in [9.17, 15) is 9.59 Å². The van der Waals surface area contributed by atoms with Crippen LogP contribution in [0.4, 0.5) is 0 Å². The van der Waals surface area contributed by atoms with Crippen molar-refractivity contribution in [1.82, 2.24) is 19.6 Å². The summed E-state index contributed by atoms with van der Waals surface area (Å²) in [6, 6.07) is 1.57. The Bertz CT molecular complexity index is 525. The Kier molecular flexibility index (Phi) is 1.48. The second-order valence-corrected chi connectivity index (χ2v) is 2.60. The quantitative estimate of drug-likeness (QED) is 0.599. The van der Waals surface area contributed by atoms with Gasteiger partial charge in [0.05, 0.1) is 0 Å². The number of aromatic nitrogens is 4. The molecule has 1 N–H and O–H groups in total. The van der Waals surface area contributed by atoms with Crippen LogP contribution in [0.3, 0.4) is 0 Å². The van der Waals surface area contributed by atoms with Gasteiger partial charge in [0.2, 0.25) is 0 Å². The van der Waals surface area contributed by atoms with Gasteiger partial charge in [-0.1, -0.05) is 0 Å². The molecule has 0 aromatic carbocycles. The first-order chi connectivity index (χ1) is 6.20. The number of aldehydes is 1. The van der Waals surface area contributed by atoms with E-state index in [4.69, 9.17) is 0 Å². The molecule has 0 unspecified atom stereocenters. The first-order valence-electron chi connectivity index (χ1n) is 3.62. The highest BCUT2D eigenvalue weighted by Crippen LogP contribution is 2.00. The number of aryl methyl sites for hydroxylation is 1. The first kappa shape index (κ1) is 7.66. The van der Waals surface area contributed by atoms with E-state index in [1.165, 1.54) is 4.52 Å². The molecule has 13 heavy (non-hydrogen) atoms. The summed E-state index contributed by atoms with van der Waals surface area (Å²) in [5.74, 6) is 0.215. The van der Waals surface area contributed by atoms with Crippen molar-refractivity contribution in [3.63, 3.8) is 0 Å². The van der Waals surface area contributed by atoms with Gasteiger partial charge in [-0.05, 0) is 13.0 Å². The molecule has 0 aliphatic carbocycles. The smallest absolute Gasteiger partial charge is 0.296 e. The van der Waals surface area contributed by atoms with Crippen LogP contribution in [0, 0.1) is 6.92 Å². The number of rotatable bonds is 1. The maximum absolute atomic E-state index is 10.8. The van der Waals surface area contributed by atoms with Crippen LogP contribution < -0.4 is 5.69 Å². The Labute approximate surface area is 72.2 Å². The summed E-state index contributed by atoms with van der Waals surface area (Å²) >= 11 is 0. The molecular formula is C7H6N4O2. The minimum atomic E-state index is -0.473. The molecule has 0 bridgehead atoms. The molecule has 2 heterocycles. The third-order valence-electron chi connectivity index (χ3n) is 1.67. The van der Waals surface area contributed by atoms with Crippen LogP contribution in [0.2, 0.25) is 0 Å². The van der Waals surface area contributed by atoms with E-state index in [1.807, 2.05) is 0 Å². The molecule has 2 rings (SSSR count). The van der Waals surface area contributed by atoms with E-state index in [2.05, 4.69) is 15.1 Å². The average molecular weight is 178 g/mol. The van der Waals surface area contributed by atoms with Gasteiger partial charge in [0.25, 0.3) is 5.78 Å². The maximum atomic E-state index is 10.8. The Hall–Kier alpha value is -1.98. The molecular weight excluding hydrogens is 172 g/mol. The van der Waals surface area contributed by atoms with Crippen molar-refractivity contribution in [1.29, 1.82) is 0 Å². The summed E-state index contributed by atoms with van der Waals surface area (Å²) < 4.78 is 1.43. The zero-order valence-electron chi connectivity index (χ0n) is 6.81. The molecule has 0 aliphatic heterocycles. The minimum absolute atomic E-state index is 0.215. The van der Waals surface area contributed by atoms with Crippen molar-refractivity contribution in [2.75, 3.05) is 0 Å². The van der Waals surface area contributed by atoms with Gasteiger partial charge in [0, 0.05) is 5.69 Å². The summed E-state index contributed by atoms with van der Waals surface area (Å²) in [6.07, 6.45) is 0.617. The number of nitrogens with zero attached hydrogens (tertiary/aromatic N) is 3. The Morgan fingerprint density at radius 2 is 2.31 bits per heavy atom. The molecule has 66 valence electrons. The fourth-order valence-electron chi connectivity index (χ4n) is 1.12. The van der Waals surface area contributed by atoms with Gasteiger partial charge >= 0.3 is 5.69 Å². The molecule has 2 aromatic rings. The van der Waals surface area contributed by atoms with Crippen molar-refractivity contribution in [2.45, 2.75) is 6.92 Å². The number of aromatic amines is 1. The molecule has 0 atom stereocenters. The number of nitrogens with one attached hydrogen (secondary N) is 1. The lowest BCUT2D eigenvalue weighted by atomic mass is 10.3. The number of carbonyl (C=O) groups is 1. The normalized spacial score (nSPS) is 10.5. The lowest BCUT2D eigenvalue weighted by molar-refractivity contribution is 0.111. The highest BCUT2D eigenvalue weighted by molar-refractivity contribution is 5.72. The van der Waals surface area contributed by atoms with Crippen LogP contribution in [-0.4, -0.2) is 25.9 Å². The van der Waals surface area contributed by atoms with Gasteiger partial charge < -0.3 is 0 Å². The molecule has 6 nitrogen and oxygen atoms in total. The van der Waals surface area contributed by atoms with Gasteiger partial charge in [0.15, 0.2) is 6.29 Å². The van der Waals surface area contributed by atoms with Gasteiger partial charge in [-0.2, -0.15) is 4.98 Å². The monoisotopic (exact) mass is 178 g/mol. The Morgan fingerprint density at radius 3 is 3.00 bits per heavy atom. The topological polar surface area (TPSA) is 80.1 Å². The number of hydrogen-bond acceptors (Lipinski definition) is 4. The SMILES string of the molecule is Cc1cc(C=O)nc2nc(=O)[nH]n12. The van der Waals surface area contributed by atoms with E-state index >= 15 is 0 Å². The van der Waals surface area contributed by atoms with Crippen molar-refractivity contribution >= 4 is 12.1 Å². The molecule has 2 aromatic heterocycles. The zero-order valence-corrected chi connectivity index (χ0v) is 6.81. The van der Waals surface area contributed by atoms with Crippen molar-refractivity contribution in [2.24, 2.45) is 0 Å².